The minimum absolute atomic E-state index is 0.220. The Morgan fingerprint density at radius 3 is 2.26 bits per heavy atom. The molecule has 0 heterocycles. The molecule has 128 valence electrons. The number of carbonyl (C=O) groups excluding carboxylic acids is 2. The van der Waals surface area contributed by atoms with E-state index in [0.717, 1.165) is 31.4 Å². The molecule has 2 amide bonds. The zero-order chi connectivity index (χ0) is 17.1. The average molecular weight is 326 g/mol. The van der Waals surface area contributed by atoms with Gasteiger partial charge < -0.3 is 10.6 Å². The zero-order valence-corrected chi connectivity index (χ0v) is 13.5. The molecule has 2 N–H and O–H groups in total. The van der Waals surface area contributed by atoms with Gasteiger partial charge in [-0.3, -0.25) is 9.59 Å². The Hall–Kier alpha value is -1.98. The lowest BCUT2D eigenvalue weighted by atomic mass is 10.1. The third-order valence-corrected chi connectivity index (χ3v) is 3.45. The second kappa shape index (κ2) is 10.7. The van der Waals surface area contributed by atoms with E-state index in [9.17, 15) is 18.4 Å². The van der Waals surface area contributed by atoms with Crippen LogP contribution in [0, 0.1) is 11.6 Å². The van der Waals surface area contributed by atoms with Crippen molar-refractivity contribution in [1.29, 1.82) is 0 Å². The Bertz CT molecular complexity index is 521. The Kier molecular flexibility index (Phi) is 8.87. The molecule has 0 atom stereocenters. The van der Waals surface area contributed by atoms with Crippen molar-refractivity contribution in [3.05, 3.63) is 29.8 Å². The largest absolute Gasteiger partial charge is 0.348 e. The first kappa shape index (κ1) is 19.1. The van der Waals surface area contributed by atoms with E-state index in [0.29, 0.717) is 12.6 Å². The number of unbranched alkanes of at least 4 members (excludes halogenated alkanes) is 6. The van der Waals surface area contributed by atoms with Gasteiger partial charge in [-0.1, -0.05) is 45.4 Å². The molecule has 0 unspecified atom stereocenters. The lowest BCUT2D eigenvalue weighted by molar-refractivity contribution is -0.136. The van der Waals surface area contributed by atoms with Gasteiger partial charge in [0.25, 0.3) is 0 Å². The molecule has 6 heteroatoms. The van der Waals surface area contributed by atoms with Gasteiger partial charge in [0, 0.05) is 12.6 Å². The molecule has 0 radical (unpaired) electrons. The van der Waals surface area contributed by atoms with Crippen LogP contribution in [-0.4, -0.2) is 18.4 Å². The third-order valence-electron chi connectivity index (χ3n) is 3.45. The van der Waals surface area contributed by atoms with E-state index in [1.165, 1.54) is 25.7 Å². The quantitative estimate of drug-likeness (QED) is 0.536. The molecular weight excluding hydrogens is 302 g/mol. The lowest BCUT2D eigenvalue weighted by Gasteiger charge is -2.07. The summed E-state index contributed by atoms with van der Waals surface area (Å²) in [5.41, 5.74) is -0.220. The summed E-state index contributed by atoms with van der Waals surface area (Å²) in [4.78, 5) is 23.2. The van der Waals surface area contributed by atoms with Crippen LogP contribution in [0.25, 0.3) is 0 Å². The second-order valence-corrected chi connectivity index (χ2v) is 5.46. The highest BCUT2D eigenvalue weighted by molar-refractivity contribution is 6.39. The average Bonchev–Trinajstić information content (AvgIpc) is 2.52. The molecule has 4 nitrogen and oxygen atoms in total. The fourth-order valence-electron chi connectivity index (χ4n) is 2.13. The van der Waals surface area contributed by atoms with Crippen LogP contribution < -0.4 is 10.6 Å². The normalized spacial score (nSPS) is 10.4. The fourth-order valence-corrected chi connectivity index (χ4v) is 2.13. The molecule has 0 aliphatic carbocycles. The van der Waals surface area contributed by atoms with Gasteiger partial charge in [-0.05, 0) is 18.6 Å². The molecule has 0 aromatic heterocycles. The number of hydrogen-bond acceptors (Lipinski definition) is 2. The number of nitrogens with one attached hydrogen (secondary N) is 2. The molecule has 0 fully saturated rings. The van der Waals surface area contributed by atoms with E-state index >= 15 is 0 Å². The summed E-state index contributed by atoms with van der Waals surface area (Å²) in [6.45, 7) is 2.57. The number of carbonyl (C=O) groups is 2. The van der Waals surface area contributed by atoms with Crippen molar-refractivity contribution < 1.29 is 18.4 Å². The van der Waals surface area contributed by atoms with Crippen LogP contribution in [0.5, 0.6) is 0 Å². The summed E-state index contributed by atoms with van der Waals surface area (Å²) >= 11 is 0. The van der Waals surface area contributed by atoms with Crippen molar-refractivity contribution in [3.8, 4) is 0 Å². The SMILES string of the molecule is CCCCCCCCCNC(=O)C(=O)Nc1ccc(F)cc1F. The zero-order valence-electron chi connectivity index (χ0n) is 13.5. The highest BCUT2D eigenvalue weighted by atomic mass is 19.1. The van der Waals surface area contributed by atoms with Gasteiger partial charge in [-0.15, -0.1) is 0 Å². The van der Waals surface area contributed by atoms with Crippen LogP contribution in [-0.2, 0) is 9.59 Å². The van der Waals surface area contributed by atoms with Gasteiger partial charge in [0.05, 0.1) is 5.69 Å². The van der Waals surface area contributed by atoms with E-state index in [4.69, 9.17) is 0 Å². The summed E-state index contributed by atoms with van der Waals surface area (Å²) in [7, 11) is 0. The van der Waals surface area contributed by atoms with Gasteiger partial charge in [-0.2, -0.15) is 0 Å². The highest BCUT2D eigenvalue weighted by Crippen LogP contribution is 2.14. The minimum atomic E-state index is -0.960. The summed E-state index contributed by atoms with van der Waals surface area (Å²) in [6, 6.07) is 2.73. The number of hydrogen-bond donors (Lipinski definition) is 2. The molecule has 1 rings (SSSR count). The van der Waals surface area contributed by atoms with Crippen molar-refractivity contribution >= 4 is 17.5 Å². The first-order valence-electron chi connectivity index (χ1n) is 8.08. The Morgan fingerprint density at radius 2 is 1.61 bits per heavy atom. The summed E-state index contributed by atoms with van der Waals surface area (Å²) < 4.78 is 26.1. The molecule has 0 saturated carbocycles. The summed E-state index contributed by atoms with van der Waals surface area (Å²) in [5, 5.41) is 4.61. The topological polar surface area (TPSA) is 58.2 Å². The molecule has 0 bridgehead atoms. The minimum Gasteiger partial charge on any atom is -0.348 e. The fraction of sp³-hybridized carbons (Fsp3) is 0.529. The maximum Gasteiger partial charge on any atom is 0.313 e. The predicted molar refractivity (Wildman–Crippen MR) is 86.0 cm³/mol. The highest BCUT2D eigenvalue weighted by Gasteiger charge is 2.15. The monoisotopic (exact) mass is 326 g/mol. The molecule has 1 aromatic rings. The molecule has 0 saturated heterocycles. The number of anilines is 1. The van der Waals surface area contributed by atoms with Gasteiger partial charge in [0.1, 0.15) is 11.6 Å². The number of rotatable bonds is 9. The molecule has 0 aliphatic rings. The molecule has 1 aromatic carbocycles. The van der Waals surface area contributed by atoms with Crippen LogP contribution in [0.3, 0.4) is 0 Å². The van der Waals surface area contributed by atoms with Gasteiger partial charge in [0.2, 0.25) is 0 Å². The third kappa shape index (κ3) is 7.72. The van der Waals surface area contributed by atoms with Crippen LogP contribution in [0.4, 0.5) is 14.5 Å². The Balaban J connectivity index is 2.20. The summed E-state index contributed by atoms with van der Waals surface area (Å²) in [5.74, 6) is -3.44. The maximum absolute atomic E-state index is 13.4. The van der Waals surface area contributed by atoms with Crippen LogP contribution in [0.15, 0.2) is 18.2 Å². The predicted octanol–water partition coefficient (Wildman–Crippen LogP) is 3.77. The Labute approximate surface area is 135 Å². The molecule has 0 aliphatic heterocycles. The van der Waals surface area contributed by atoms with E-state index in [1.54, 1.807) is 0 Å². The van der Waals surface area contributed by atoms with Crippen molar-refractivity contribution in [2.45, 2.75) is 51.9 Å². The van der Waals surface area contributed by atoms with E-state index < -0.39 is 23.4 Å². The first-order valence-corrected chi connectivity index (χ1v) is 8.08. The first-order chi connectivity index (χ1) is 11.0. The number of amides is 2. The van der Waals surface area contributed by atoms with Crippen LogP contribution >= 0.6 is 0 Å². The maximum atomic E-state index is 13.4. The lowest BCUT2D eigenvalue weighted by Crippen LogP contribution is -2.36. The molecular formula is C17H24F2N2O2. The second-order valence-electron chi connectivity index (χ2n) is 5.46. The van der Waals surface area contributed by atoms with E-state index in [-0.39, 0.29) is 5.69 Å². The van der Waals surface area contributed by atoms with Crippen molar-refractivity contribution in [2.75, 3.05) is 11.9 Å². The van der Waals surface area contributed by atoms with E-state index in [1.807, 2.05) is 0 Å². The van der Waals surface area contributed by atoms with E-state index in [2.05, 4.69) is 17.6 Å². The Morgan fingerprint density at radius 1 is 0.957 bits per heavy atom. The smallest absolute Gasteiger partial charge is 0.313 e. The van der Waals surface area contributed by atoms with Gasteiger partial charge >= 0.3 is 11.8 Å². The number of halogens is 2. The number of benzene rings is 1. The van der Waals surface area contributed by atoms with Crippen molar-refractivity contribution in [3.63, 3.8) is 0 Å². The van der Waals surface area contributed by atoms with Gasteiger partial charge in [-0.25, -0.2) is 8.78 Å². The summed E-state index contributed by atoms with van der Waals surface area (Å²) in [6.07, 6.45) is 7.79. The van der Waals surface area contributed by atoms with Crippen LogP contribution in [0.1, 0.15) is 51.9 Å². The van der Waals surface area contributed by atoms with Crippen molar-refractivity contribution in [2.24, 2.45) is 0 Å². The van der Waals surface area contributed by atoms with Gasteiger partial charge in [0.15, 0.2) is 0 Å². The van der Waals surface area contributed by atoms with Crippen LogP contribution in [0.2, 0.25) is 0 Å². The van der Waals surface area contributed by atoms with Crippen molar-refractivity contribution in [1.82, 2.24) is 5.32 Å². The molecule has 0 spiro atoms. The molecule has 23 heavy (non-hydrogen) atoms. The standard InChI is InChI=1S/C17H24F2N2O2/c1-2-3-4-5-6-7-8-11-20-16(22)17(23)21-15-10-9-13(18)12-14(15)19/h9-10,12H,2-8,11H2,1H3,(H,20,22)(H,21,23).